The number of hydrogen-bond acceptors (Lipinski definition) is 6. The van der Waals surface area contributed by atoms with Crippen LogP contribution in [-0.4, -0.2) is 73.0 Å². The fourth-order valence-electron chi connectivity index (χ4n) is 3.25. The predicted octanol–water partition coefficient (Wildman–Crippen LogP) is 0.282. The van der Waals surface area contributed by atoms with Crippen molar-refractivity contribution in [2.75, 3.05) is 44.8 Å². The van der Waals surface area contributed by atoms with Gasteiger partial charge in [-0.15, -0.1) is 5.10 Å². The monoisotopic (exact) mass is 319 g/mol. The Kier molecular flexibility index (Phi) is 5.40. The number of nitrogens with one attached hydrogen (secondary N) is 1. The Morgan fingerprint density at radius 1 is 1.57 bits per heavy atom. The molecule has 2 unspecified atom stereocenters. The summed E-state index contributed by atoms with van der Waals surface area (Å²) >= 11 is 0. The van der Waals surface area contributed by atoms with Crippen molar-refractivity contribution < 1.29 is 9.53 Å². The minimum atomic E-state index is 0.137. The first-order valence-electron chi connectivity index (χ1n) is 8.33. The van der Waals surface area contributed by atoms with E-state index in [1.807, 2.05) is 24.1 Å². The van der Waals surface area contributed by atoms with Gasteiger partial charge < -0.3 is 19.9 Å². The number of amides is 1. The van der Waals surface area contributed by atoms with Crippen molar-refractivity contribution in [1.82, 2.24) is 20.4 Å². The lowest BCUT2D eigenvalue weighted by molar-refractivity contribution is -0.133. The van der Waals surface area contributed by atoms with Gasteiger partial charge in [0.2, 0.25) is 5.91 Å². The summed E-state index contributed by atoms with van der Waals surface area (Å²) in [6.07, 6.45) is 4.27. The molecule has 23 heavy (non-hydrogen) atoms. The third-order valence-corrected chi connectivity index (χ3v) is 4.64. The van der Waals surface area contributed by atoms with Crippen LogP contribution < -0.4 is 10.2 Å². The molecular weight excluding hydrogens is 294 g/mol. The number of ether oxygens (including phenoxy) is 1. The second kappa shape index (κ2) is 7.70. The zero-order valence-corrected chi connectivity index (χ0v) is 13.6. The Labute approximate surface area is 137 Å². The third-order valence-electron chi connectivity index (χ3n) is 4.64. The number of piperidine rings is 1. The molecule has 1 aromatic heterocycles. The van der Waals surface area contributed by atoms with Crippen LogP contribution in [0.2, 0.25) is 0 Å². The van der Waals surface area contributed by atoms with Crippen molar-refractivity contribution >= 4 is 11.7 Å². The van der Waals surface area contributed by atoms with Crippen LogP contribution in [0.3, 0.4) is 0 Å². The van der Waals surface area contributed by atoms with Crippen molar-refractivity contribution in [2.45, 2.75) is 31.3 Å². The number of nitrogens with zero attached hydrogens (tertiary/aromatic N) is 4. The van der Waals surface area contributed by atoms with Crippen LogP contribution in [-0.2, 0) is 9.53 Å². The standard InChI is InChI=1S/C16H25N5O2/c1-20(16(22)10-13-12-23-9-7-17-13)14-4-3-8-21(11-14)15-5-2-6-18-19-15/h2,5-6,13-14,17H,3-4,7-12H2,1H3. The minimum Gasteiger partial charge on any atom is -0.378 e. The van der Waals surface area contributed by atoms with Crippen molar-refractivity contribution in [3.8, 4) is 0 Å². The van der Waals surface area contributed by atoms with Crippen molar-refractivity contribution in [3.05, 3.63) is 18.3 Å². The van der Waals surface area contributed by atoms with E-state index in [2.05, 4.69) is 20.4 Å². The fraction of sp³-hybridized carbons (Fsp3) is 0.688. The summed E-state index contributed by atoms with van der Waals surface area (Å²) in [6, 6.07) is 4.23. The van der Waals surface area contributed by atoms with Crippen molar-refractivity contribution in [2.24, 2.45) is 0 Å². The number of aromatic nitrogens is 2. The van der Waals surface area contributed by atoms with E-state index in [1.165, 1.54) is 0 Å². The Morgan fingerprint density at radius 2 is 2.48 bits per heavy atom. The highest BCUT2D eigenvalue weighted by atomic mass is 16.5. The summed E-state index contributed by atoms with van der Waals surface area (Å²) in [6.45, 7) is 3.96. The summed E-state index contributed by atoms with van der Waals surface area (Å²) in [5.74, 6) is 1.07. The molecule has 7 nitrogen and oxygen atoms in total. The summed E-state index contributed by atoms with van der Waals surface area (Å²) < 4.78 is 5.43. The number of carbonyl (C=O) groups is 1. The average molecular weight is 319 g/mol. The molecule has 1 amide bonds. The number of hydrogen-bond donors (Lipinski definition) is 1. The van der Waals surface area contributed by atoms with Gasteiger partial charge in [0, 0.05) is 51.4 Å². The zero-order chi connectivity index (χ0) is 16.1. The minimum absolute atomic E-state index is 0.137. The molecule has 0 bridgehead atoms. The average Bonchev–Trinajstić information content (AvgIpc) is 2.63. The summed E-state index contributed by atoms with van der Waals surface area (Å²) in [7, 11) is 1.91. The summed E-state index contributed by atoms with van der Waals surface area (Å²) in [5.41, 5.74) is 0. The van der Waals surface area contributed by atoms with Gasteiger partial charge in [0.05, 0.1) is 13.2 Å². The first-order valence-corrected chi connectivity index (χ1v) is 8.33. The van der Waals surface area contributed by atoms with Gasteiger partial charge in [-0.1, -0.05) is 0 Å². The molecule has 3 rings (SSSR count). The molecule has 0 aromatic carbocycles. The molecule has 2 saturated heterocycles. The number of morpholine rings is 1. The number of rotatable bonds is 4. The second-order valence-corrected chi connectivity index (χ2v) is 6.26. The van der Waals surface area contributed by atoms with Crippen LogP contribution in [0.15, 0.2) is 18.3 Å². The van der Waals surface area contributed by atoms with Gasteiger partial charge in [0.1, 0.15) is 0 Å². The van der Waals surface area contributed by atoms with E-state index in [4.69, 9.17) is 4.74 Å². The Balaban J connectivity index is 1.55. The maximum Gasteiger partial charge on any atom is 0.224 e. The first-order chi connectivity index (χ1) is 11.2. The highest BCUT2D eigenvalue weighted by molar-refractivity contribution is 5.77. The zero-order valence-electron chi connectivity index (χ0n) is 13.6. The van der Waals surface area contributed by atoms with Gasteiger partial charge in [-0.25, -0.2) is 0 Å². The highest BCUT2D eigenvalue weighted by Gasteiger charge is 2.28. The molecule has 0 radical (unpaired) electrons. The molecule has 126 valence electrons. The topological polar surface area (TPSA) is 70.6 Å². The second-order valence-electron chi connectivity index (χ2n) is 6.26. The largest absolute Gasteiger partial charge is 0.378 e. The molecular formula is C16H25N5O2. The molecule has 0 saturated carbocycles. The van der Waals surface area contributed by atoms with Gasteiger partial charge in [0.25, 0.3) is 0 Å². The van der Waals surface area contributed by atoms with Crippen LogP contribution in [0, 0.1) is 0 Å². The summed E-state index contributed by atoms with van der Waals surface area (Å²) in [5, 5.41) is 11.5. The van der Waals surface area contributed by atoms with E-state index in [0.717, 1.165) is 44.9 Å². The molecule has 1 aromatic rings. The molecule has 2 aliphatic rings. The molecule has 0 aliphatic carbocycles. The Morgan fingerprint density at radius 3 is 3.22 bits per heavy atom. The lowest BCUT2D eigenvalue weighted by Gasteiger charge is -2.38. The van der Waals surface area contributed by atoms with E-state index in [-0.39, 0.29) is 18.0 Å². The Bertz CT molecular complexity index is 506. The van der Waals surface area contributed by atoms with E-state index >= 15 is 0 Å². The molecule has 1 N–H and O–H groups in total. The number of anilines is 1. The van der Waals surface area contributed by atoms with Crippen LogP contribution in [0.5, 0.6) is 0 Å². The quantitative estimate of drug-likeness (QED) is 0.860. The number of likely N-dealkylation sites (N-methyl/N-ethyl adjacent to an activating group) is 1. The van der Waals surface area contributed by atoms with Crippen LogP contribution in [0.1, 0.15) is 19.3 Å². The Hall–Kier alpha value is -1.73. The smallest absolute Gasteiger partial charge is 0.224 e. The van der Waals surface area contributed by atoms with E-state index in [1.54, 1.807) is 6.20 Å². The lowest BCUT2D eigenvalue weighted by atomic mass is 10.0. The molecule has 3 heterocycles. The van der Waals surface area contributed by atoms with Crippen molar-refractivity contribution in [3.63, 3.8) is 0 Å². The third kappa shape index (κ3) is 4.17. The molecule has 2 atom stereocenters. The SMILES string of the molecule is CN(C(=O)CC1COCCN1)C1CCCN(c2cccnn2)C1. The van der Waals surface area contributed by atoms with Gasteiger partial charge in [0.15, 0.2) is 5.82 Å². The van der Waals surface area contributed by atoms with Crippen LogP contribution >= 0.6 is 0 Å². The van der Waals surface area contributed by atoms with Gasteiger partial charge in [-0.05, 0) is 25.0 Å². The van der Waals surface area contributed by atoms with E-state index in [9.17, 15) is 4.79 Å². The maximum absolute atomic E-state index is 12.5. The number of carbonyl (C=O) groups excluding carboxylic acids is 1. The van der Waals surface area contributed by atoms with E-state index < -0.39 is 0 Å². The lowest BCUT2D eigenvalue weighted by Crippen LogP contribution is -2.51. The predicted molar refractivity (Wildman–Crippen MR) is 87.3 cm³/mol. The maximum atomic E-state index is 12.5. The van der Waals surface area contributed by atoms with Gasteiger partial charge >= 0.3 is 0 Å². The fourth-order valence-corrected chi connectivity index (χ4v) is 3.25. The first kappa shape index (κ1) is 16.1. The molecule has 7 heteroatoms. The van der Waals surface area contributed by atoms with Crippen LogP contribution in [0.25, 0.3) is 0 Å². The molecule has 2 aliphatic heterocycles. The normalized spacial score (nSPS) is 25.2. The van der Waals surface area contributed by atoms with Crippen molar-refractivity contribution in [1.29, 1.82) is 0 Å². The van der Waals surface area contributed by atoms with Crippen LogP contribution in [0.4, 0.5) is 5.82 Å². The molecule has 2 fully saturated rings. The van der Waals surface area contributed by atoms with E-state index in [0.29, 0.717) is 13.0 Å². The highest BCUT2D eigenvalue weighted by Crippen LogP contribution is 2.20. The molecule has 0 spiro atoms. The van der Waals surface area contributed by atoms with Gasteiger partial charge in [-0.2, -0.15) is 5.10 Å². The van der Waals surface area contributed by atoms with Gasteiger partial charge in [-0.3, -0.25) is 4.79 Å². The summed E-state index contributed by atoms with van der Waals surface area (Å²) in [4.78, 5) is 16.7.